The fraction of sp³-hybridized carbons (Fsp3) is 0.947. The lowest BCUT2D eigenvalue weighted by molar-refractivity contribution is 0.0203. The highest BCUT2D eigenvalue weighted by Crippen LogP contribution is 2.18. The average molecular weight is 356 g/mol. The predicted octanol–water partition coefficient (Wildman–Crippen LogP) is 2.14. The topological polar surface area (TPSA) is 55.3 Å². The lowest BCUT2D eigenvalue weighted by Gasteiger charge is -2.27. The molecule has 146 valence electrons. The Morgan fingerprint density at radius 2 is 1.72 bits per heavy atom. The van der Waals surface area contributed by atoms with Crippen LogP contribution in [0.3, 0.4) is 0 Å². The third-order valence-corrected chi connectivity index (χ3v) is 5.23. The van der Waals surface area contributed by atoms with Crippen molar-refractivity contribution in [3.05, 3.63) is 0 Å². The van der Waals surface area contributed by atoms with Crippen LogP contribution in [0.1, 0.15) is 38.5 Å². The standard InChI is InChI=1S/C19H37N3O3/c1-20-19(22(2)10-4-17-5-12-23-13-6-17)21-9-3-11-25-16-18-7-14-24-15-8-18/h17-18H,3-16H2,1-2H3,(H,20,21). The molecule has 2 rings (SSSR count). The van der Waals surface area contributed by atoms with Crippen LogP contribution in [0.2, 0.25) is 0 Å². The Morgan fingerprint density at radius 1 is 1.08 bits per heavy atom. The van der Waals surface area contributed by atoms with Crippen LogP contribution in [0.5, 0.6) is 0 Å². The Kier molecular flexibility index (Phi) is 10.2. The molecule has 25 heavy (non-hydrogen) atoms. The molecule has 0 spiro atoms. The van der Waals surface area contributed by atoms with Gasteiger partial charge in [-0.15, -0.1) is 0 Å². The first kappa shape index (κ1) is 20.5. The van der Waals surface area contributed by atoms with Crippen LogP contribution in [0, 0.1) is 11.8 Å². The summed E-state index contributed by atoms with van der Waals surface area (Å²) in [5, 5.41) is 3.45. The molecule has 0 aromatic rings. The van der Waals surface area contributed by atoms with Gasteiger partial charge in [-0.25, -0.2) is 0 Å². The average Bonchev–Trinajstić information content (AvgIpc) is 2.67. The second kappa shape index (κ2) is 12.5. The van der Waals surface area contributed by atoms with Gasteiger partial charge in [0.15, 0.2) is 5.96 Å². The van der Waals surface area contributed by atoms with E-state index >= 15 is 0 Å². The fourth-order valence-corrected chi connectivity index (χ4v) is 3.44. The van der Waals surface area contributed by atoms with Crippen molar-refractivity contribution in [1.82, 2.24) is 10.2 Å². The normalized spacial score (nSPS) is 20.6. The molecular formula is C19H37N3O3. The zero-order valence-corrected chi connectivity index (χ0v) is 16.2. The van der Waals surface area contributed by atoms with Gasteiger partial charge in [0.1, 0.15) is 0 Å². The second-order valence-corrected chi connectivity index (χ2v) is 7.22. The molecule has 1 N–H and O–H groups in total. The number of hydrogen-bond acceptors (Lipinski definition) is 4. The van der Waals surface area contributed by atoms with Crippen LogP contribution in [0.4, 0.5) is 0 Å². The number of guanidine groups is 1. The minimum atomic E-state index is 0.686. The number of hydrogen-bond donors (Lipinski definition) is 1. The maximum absolute atomic E-state index is 5.82. The Labute approximate surface area is 153 Å². The lowest BCUT2D eigenvalue weighted by atomic mass is 9.96. The molecule has 2 fully saturated rings. The molecule has 0 atom stereocenters. The molecule has 0 unspecified atom stereocenters. The van der Waals surface area contributed by atoms with E-state index in [-0.39, 0.29) is 0 Å². The molecular weight excluding hydrogens is 318 g/mol. The molecule has 0 aromatic heterocycles. The van der Waals surface area contributed by atoms with E-state index in [1.165, 1.54) is 19.3 Å². The van der Waals surface area contributed by atoms with Crippen molar-refractivity contribution in [3.63, 3.8) is 0 Å². The minimum absolute atomic E-state index is 0.686. The van der Waals surface area contributed by atoms with Gasteiger partial charge in [0.2, 0.25) is 0 Å². The van der Waals surface area contributed by atoms with Crippen molar-refractivity contribution < 1.29 is 14.2 Å². The highest BCUT2D eigenvalue weighted by Gasteiger charge is 2.15. The van der Waals surface area contributed by atoms with Crippen LogP contribution >= 0.6 is 0 Å². The zero-order chi connectivity index (χ0) is 17.7. The predicted molar refractivity (Wildman–Crippen MR) is 101 cm³/mol. The smallest absolute Gasteiger partial charge is 0.193 e. The monoisotopic (exact) mass is 355 g/mol. The number of nitrogens with one attached hydrogen (secondary N) is 1. The first-order valence-electron chi connectivity index (χ1n) is 9.94. The van der Waals surface area contributed by atoms with Crippen LogP contribution in [-0.2, 0) is 14.2 Å². The molecule has 0 amide bonds. The van der Waals surface area contributed by atoms with Crippen molar-refractivity contribution in [2.24, 2.45) is 16.8 Å². The highest BCUT2D eigenvalue weighted by molar-refractivity contribution is 5.79. The Bertz CT molecular complexity index is 367. The molecule has 0 aromatic carbocycles. The van der Waals surface area contributed by atoms with E-state index in [0.29, 0.717) is 5.92 Å². The van der Waals surface area contributed by atoms with E-state index < -0.39 is 0 Å². The summed E-state index contributed by atoms with van der Waals surface area (Å²) in [5.41, 5.74) is 0. The van der Waals surface area contributed by atoms with Gasteiger partial charge in [-0.1, -0.05) is 0 Å². The SMILES string of the molecule is CN=C(NCCCOCC1CCOCC1)N(C)CCC1CCOCC1. The quantitative estimate of drug-likeness (QED) is 0.390. The number of aliphatic imine (C=N–C) groups is 1. The molecule has 2 saturated heterocycles. The van der Waals surface area contributed by atoms with Gasteiger partial charge in [0.25, 0.3) is 0 Å². The summed E-state index contributed by atoms with van der Waals surface area (Å²) in [4.78, 5) is 6.63. The molecule has 0 saturated carbocycles. The van der Waals surface area contributed by atoms with E-state index in [2.05, 4.69) is 22.3 Å². The van der Waals surface area contributed by atoms with E-state index in [4.69, 9.17) is 14.2 Å². The van der Waals surface area contributed by atoms with Crippen LogP contribution < -0.4 is 5.32 Å². The summed E-state index contributed by atoms with van der Waals surface area (Å²) in [7, 11) is 3.98. The van der Waals surface area contributed by atoms with Crippen molar-refractivity contribution in [1.29, 1.82) is 0 Å². The summed E-state index contributed by atoms with van der Waals surface area (Å²) in [5.74, 6) is 2.47. The van der Waals surface area contributed by atoms with Gasteiger partial charge >= 0.3 is 0 Å². The molecule has 2 heterocycles. The van der Waals surface area contributed by atoms with Gasteiger partial charge in [0, 0.05) is 66.8 Å². The van der Waals surface area contributed by atoms with Gasteiger partial charge in [0.05, 0.1) is 0 Å². The van der Waals surface area contributed by atoms with E-state index in [1.54, 1.807) is 0 Å². The van der Waals surface area contributed by atoms with E-state index in [0.717, 1.165) is 83.9 Å². The molecule has 0 aliphatic carbocycles. The number of rotatable bonds is 9. The van der Waals surface area contributed by atoms with Crippen molar-refractivity contribution in [3.8, 4) is 0 Å². The molecule has 0 bridgehead atoms. The van der Waals surface area contributed by atoms with Crippen molar-refractivity contribution >= 4 is 5.96 Å². The van der Waals surface area contributed by atoms with Crippen molar-refractivity contribution in [2.75, 3.05) is 66.8 Å². The van der Waals surface area contributed by atoms with E-state index in [9.17, 15) is 0 Å². The molecule has 0 radical (unpaired) electrons. The first-order valence-corrected chi connectivity index (χ1v) is 9.94. The molecule has 6 nitrogen and oxygen atoms in total. The van der Waals surface area contributed by atoms with Crippen LogP contribution in [-0.4, -0.2) is 77.7 Å². The second-order valence-electron chi connectivity index (χ2n) is 7.22. The van der Waals surface area contributed by atoms with Gasteiger partial charge in [-0.05, 0) is 50.4 Å². The molecule has 6 heteroatoms. The summed E-state index contributed by atoms with van der Waals surface area (Å²) < 4.78 is 16.6. The molecule has 2 aliphatic heterocycles. The summed E-state index contributed by atoms with van der Waals surface area (Å²) >= 11 is 0. The third kappa shape index (κ3) is 8.38. The fourth-order valence-electron chi connectivity index (χ4n) is 3.44. The number of nitrogens with zero attached hydrogens (tertiary/aromatic N) is 2. The first-order chi connectivity index (χ1) is 12.3. The largest absolute Gasteiger partial charge is 0.381 e. The van der Waals surface area contributed by atoms with E-state index in [1.807, 2.05) is 7.05 Å². The van der Waals surface area contributed by atoms with Gasteiger partial charge in [-0.2, -0.15) is 0 Å². The minimum Gasteiger partial charge on any atom is -0.381 e. The number of ether oxygens (including phenoxy) is 3. The Morgan fingerprint density at radius 3 is 2.36 bits per heavy atom. The Balaban J connectivity index is 1.50. The van der Waals surface area contributed by atoms with Crippen LogP contribution in [0.15, 0.2) is 4.99 Å². The zero-order valence-electron chi connectivity index (χ0n) is 16.2. The lowest BCUT2D eigenvalue weighted by Crippen LogP contribution is -2.40. The Hall–Kier alpha value is -0.850. The van der Waals surface area contributed by atoms with Crippen LogP contribution in [0.25, 0.3) is 0 Å². The maximum atomic E-state index is 5.82. The summed E-state index contributed by atoms with van der Waals surface area (Å²) in [6.07, 6.45) is 6.91. The third-order valence-electron chi connectivity index (χ3n) is 5.23. The van der Waals surface area contributed by atoms with Crippen molar-refractivity contribution in [2.45, 2.75) is 38.5 Å². The summed E-state index contributed by atoms with van der Waals surface area (Å²) in [6.45, 7) is 7.28. The maximum Gasteiger partial charge on any atom is 0.193 e. The summed E-state index contributed by atoms with van der Waals surface area (Å²) in [6, 6.07) is 0. The molecule has 2 aliphatic rings. The highest BCUT2D eigenvalue weighted by atomic mass is 16.5. The van der Waals surface area contributed by atoms with Gasteiger partial charge in [-0.3, -0.25) is 4.99 Å². The van der Waals surface area contributed by atoms with Gasteiger partial charge < -0.3 is 24.4 Å².